The Bertz CT molecular complexity index is 600. The molecule has 8 heteroatoms. The van der Waals surface area contributed by atoms with Gasteiger partial charge in [0.15, 0.2) is 0 Å². The average molecular weight is 426 g/mol. The predicted octanol–water partition coefficient (Wildman–Crippen LogP) is 1.78. The van der Waals surface area contributed by atoms with Crippen molar-refractivity contribution in [2.45, 2.75) is 85.1 Å². The molecule has 0 aromatic carbocycles. The number of carbonyl (C=O) groups excluding carboxylic acids is 3. The van der Waals surface area contributed by atoms with Crippen molar-refractivity contribution in [2.75, 3.05) is 26.2 Å². The van der Waals surface area contributed by atoms with Crippen molar-refractivity contribution in [3.63, 3.8) is 0 Å². The SMILES string of the molecule is CCOC(=O)C1=C[C@@H](OC(CC)CC)[C@H](NC(C)=O)[C@@H](NC(=O)CN(CC)CC)C1. The lowest BCUT2D eigenvalue weighted by Crippen LogP contribution is -2.60. The standard InChI is InChI=1S/C22H39N3O5/c1-7-17(8-2)30-19-13-16(22(28)29-11-5)12-18(21(19)23-15(6)26)24-20(27)14-25(9-3)10-4/h13,17-19,21H,7-12,14H2,1-6H3,(H,23,26)(H,24,27)/t18-,19+,21+/m0/s1. The highest BCUT2D eigenvalue weighted by Gasteiger charge is 2.38. The maximum absolute atomic E-state index is 12.7. The maximum atomic E-state index is 12.7. The largest absolute Gasteiger partial charge is 0.463 e. The van der Waals surface area contributed by atoms with Crippen molar-refractivity contribution in [1.82, 2.24) is 15.5 Å². The summed E-state index contributed by atoms with van der Waals surface area (Å²) < 4.78 is 11.4. The minimum atomic E-state index is -0.536. The van der Waals surface area contributed by atoms with Crippen LogP contribution >= 0.6 is 0 Å². The summed E-state index contributed by atoms with van der Waals surface area (Å²) in [4.78, 5) is 39.0. The summed E-state index contributed by atoms with van der Waals surface area (Å²) in [5.74, 6) is -0.778. The van der Waals surface area contributed by atoms with Gasteiger partial charge in [0.25, 0.3) is 0 Å². The molecule has 0 radical (unpaired) electrons. The number of likely N-dealkylation sites (N-methyl/N-ethyl adjacent to an activating group) is 1. The summed E-state index contributed by atoms with van der Waals surface area (Å²) in [5, 5.41) is 5.94. The fraction of sp³-hybridized carbons (Fsp3) is 0.773. The zero-order valence-electron chi connectivity index (χ0n) is 19.3. The quantitative estimate of drug-likeness (QED) is 0.463. The number of carbonyl (C=O) groups is 3. The lowest BCUT2D eigenvalue weighted by atomic mass is 9.87. The van der Waals surface area contributed by atoms with Crippen LogP contribution in [0, 0.1) is 0 Å². The summed E-state index contributed by atoms with van der Waals surface area (Å²) in [6, 6.07) is -0.942. The Morgan fingerprint density at radius 1 is 1.10 bits per heavy atom. The Morgan fingerprint density at radius 2 is 1.73 bits per heavy atom. The second kappa shape index (κ2) is 13.4. The zero-order valence-corrected chi connectivity index (χ0v) is 19.3. The molecule has 0 aliphatic heterocycles. The van der Waals surface area contributed by atoms with Gasteiger partial charge in [-0.3, -0.25) is 14.5 Å². The van der Waals surface area contributed by atoms with E-state index in [4.69, 9.17) is 9.47 Å². The molecule has 0 saturated carbocycles. The van der Waals surface area contributed by atoms with Crippen LogP contribution in [0.15, 0.2) is 11.6 Å². The van der Waals surface area contributed by atoms with Gasteiger partial charge in [-0.15, -0.1) is 0 Å². The maximum Gasteiger partial charge on any atom is 0.333 e. The number of nitrogens with one attached hydrogen (secondary N) is 2. The van der Waals surface area contributed by atoms with Crippen LogP contribution in [-0.4, -0.2) is 73.2 Å². The highest BCUT2D eigenvalue weighted by Crippen LogP contribution is 2.25. The van der Waals surface area contributed by atoms with Crippen LogP contribution in [-0.2, 0) is 23.9 Å². The molecule has 8 nitrogen and oxygen atoms in total. The monoisotopic (exact) mass is 425 g/mol. The van der Waals surface area contributed by atoms with E-state index in [1.165, 1.54) is 6.92 Å². The molecule has 2 N–H and O–H groups in total. The smallest absolute Gasteiger partial charge is 0.333 e. The number of ether oxygens (including phenoxy) is 2. The number of hydrogen-bond acceptors (Lipinski definition) is 6. The van der Waals surface area contributed by atoms with Crippen molar-refractivity contribution < 1.29 is 23.9 Å². The third-order valence-corrected chi connectivity index (χ3v) is 5.37. The molecule has 3 atom stereocenters. The van der Waals surface area contributed by atoms with E-state index in [9.17, 15) is 14.4 Å². The normalized spacial score (nSPS) is 21.3. The van der Waals surface area contributed by atoms with E-state index in [1.807, 2.05) is 32.6 Å². The number of hydrogen-bond donors (Lipinski definition) is 2. The first-order chi connectivity index (χ1) is 14.3. The second-order valence-electron chi connectivity index (χ2n) is 7.52. The fourth-order valence-corrected chi connectivity index (χ4v) is 3.63. The van der Waals surface area contributed by atoms with Crippen molar-refractivity contribution in [1.29, 1.82) is 0 Å². The van der Waals surface area contributed by atoms with Gasteiger partial charge in [-0.1, -0.05) is 27.7 Å². The van der Waals surface area contributed by atoms with Gasteiger partial charge in [-0.2, -0.15) is 0 Å². The Hall–Kier alpha value is -1.93. The number of amides is 2. The van der Waals surface area contributed by atoms with Gasteiger partial charge in [0, 0.05) is 18.9 Å². The second-order valence-corrected chi connectivity index (χ2v) is 7.52. The Balaban J connectivity index is 3.17. The third-order valence-electron chi connectivity index (χ3n) is 5.37. The van der Waals surface area contributed by atoms with Gasteiger partial charge in [-0.25, -0.2) is 4.79 Å². The van der Waals surface area contributed by atoms with Gasteiger partial charge in [0.05, 0.1) is 37.4 Å². The summed E-state index contributed by atoms with van der Waals surface area (Å²) in [6.45, 7) is 13.3. The molecule has 0 aromatic rings. The summed E-state index contributed by atoms with van der Waals surface area (Å²) >= 11 is 0. The molecule has 0 aromatic heterocycles. The predicted molar refractivity (Wildman–Crippen MR) is 116 cm³/mol. The van der Waals surface area contributed by atoms with Crippen LogP contribution in [0.4, 0.5) is 0 Å². The van der Waals surface area contributed by atoms with Crippen molar-refractivity contribution in [3.05, 3.63) is 11.6 Å². The van der Waals surface area contributed by atoms with Crippen LogP contribution in [0.2, 0.25) is 0 Å². The molecule has 1 rings (SSSR count). The van der Waals surface area contributed by atoms with Crippen LogP contribution in [0.25, 0.3) is 0 Å². The third kappa shape index (κ3) is 8.07. The molecule has 30 heavy (non-hydrogen) atoms. The number of esters is 1. The minimum absolute atomic E-state index is 0.0175. The van der Waals surface area contributed by atoms with Crippen LogP contribution in [0.3, 0.4) is 0 Å². The van der Waals surface area contributed by atoms with Crippen LogP contribution < -0.4 is 10.6 Å². The van der Waals surface area contributed by atoms with Gasteiger partial charge in [-0.05, 0) is 38.9 Å². The van der Waals surface area contributed by atoms with E-state index in [0.717, 1.165) is 25.9 Å². The van der Waals surface area contributed by atoms with E-state index in [2.05, 4.69) is 10.6 Å². The molecule has 1 aliphatic rings. The minimum Gasteiger partial charge on any atom is -0.463 e. The van der Waals surface area contributed by atoms with E-state index < -0.39 is 24.2 Å². The molecule has 172 valence electrons. The van der Waals surface area contributed by atoms with E-state index >= 15 is 0 Å². The first kappa shape index (κ1) is 26.1. The van der Waals surface area contributed by atoms with Crippen LogP contribution in [0.1, 0.15) is 60.8 Å². The fourth-order valence-electron chi connectivity index (χ4n) is 3.63. The zero-order chi connectivity index (χ0) is 22.7. The van der Waals surface area contributed by atoms with Crippen molar-refractivity contribution in [2.24, 2.45) is 0 Å². The number of nitrogens with zero attached hydrogens (tertiary/aromatic N) is 1. The first-order valence-corrected chi connectivity index (χ1v) is 11.1. The van der Waals surface area contributed by atoms with Crippen molar-refractivity contribution >= 4 is 17.8 Å². The molecular weight excluding hydrogens is 386 g/mol. The Labute approximate surface area is 180 Å². The topological polar surface area (TPSA) is 97.0 Å². The molecule has 0 saturated heterocycles. The average Bonchev–Trinajstić information content (AvgIpc) is 2.71. The molecule has 2 amide bonds. The highest BCUT2D eigenvalue weighted by molar-refractivity contribution is 5.89. The van der Waals surface area contributed by atoms with E-state index in [1.54, 1.807) is 13.0 Å². The first-order valence-electron chi connectivity index (χ1n) is 11.1. The van der Waals surface area contributed by atoms with Gasteiger partial charge in [0.2, 0.25) is 11.8 Å². The summed E-state index contributed by atoms with van der Waals surface area (Å²) in [5.41, 5.74) is 0.461. The van der Waals surface area contributed by atoms with Gasteiger partial charge < -0.3 is 20.1 Å². The van der Waals surface area contributed by atoms with E-state index in [-0.39, 0.29) is 37.5 Å². The highest BCUT2D eigenvalue weighted by atomic mass is 16.5. The molecule has 1 aliphatic carbocycles. The molecule has 0 spiro atoms. The van der Waals surface area contributed by atoms with Crippen molar-refractivity contribution in [3.8, 4) is 0 Å². The Morgan fingerprint density at radius 3 is 2.23 bits per heavy atom. The Kier molecular flexibility index (Phi) is 11.7. The van der Waals surface area contributed by atoms with Gasteiger partial charge >= 0.3 is 5.97 Å². The lowest BCUT2D eigenvalue weighted by molar-refractivity contribution is -0.139. The number of rotatable bonds is 12. The summed E-state index contributed by atoms with van der Waals surface area (Å²) in [7, 11) is 0. The molecular formula is C22H39N3O5. The molecule has 0 bridgehead atoms. The van der Waals surface area contributed by atoms with E-state index in [0.29, 0.717) is 5.57 Å². The lowest BCUT2D eigenvalue weighted by Gasteiger charge is -2.38. The molecule has 0 unspecified atom stereocenters. The van der Waals surface area contributed by atoms with Gasteiger partial charge in [0.1, 0.15) is 0 Å². The summed E-state index contributed by atoms with van der Waals surface area (Å²) in [6.07, 6.45) is 3.07. The molecule has 0 heterocycles. The molecule has 0 fully saturated rings. The van der Waals surface area contributed by atoms with Crippen LogP contribution in [0.5, 0.6) is 0 Å².